The number of aromatic nitrogens is 1. The minimum atomic E-state index is -4.48. The summed E-state index contributed by atoms with van der Waals surface area (Å²) in [6.07, 6.45) is -2.20. The van der Waals surface area contributed by atoms with E-state index in [9.17, 15) is 22.8 Å². The SMILES string of the molecule is CN(CCC(=O)O)C(=O)NCc1ccncc1OCC(F)(F)F. The van der Waals surface area contributed by atoms with Gasteiger partial charge in [-0.15, -0.1) is 0 Å². The molecule has 2 N–H and O–H groups in total. The molecule has 23 heavy (non-hydrogen) atoms. The third-order valence-electron chi connectivity index (χ3n) is 2.70. The molecular formula is C13H16F3N3O4. The van der Waals surface area contributed by atoms with Crippen molar-refractivity contribution in [2.24, 2.45) is 0 Å². The van der Waals surface area contributed by atoms with Crippen molar-refractivity contribution in [2.75, 3.05) is 20.2 Å². The second-order valence-corrected chi connectivity index (χ2v) is 4.61. The monoisotopic (exact) mass is 335 g/mol. The van der Waals surface area contributed by atoms with E-state index in [4.69, 9.17) is 5.11 Å². The molecule has 0 saturated carbocycles. The Morgan fingerprint density at radius 3 is 2.74 bits per heavy atom. The number of urea groups is 1. The average molecular weight is 335 g/mol. The summed E-state index contributed by atoms with van der Waals surface area (Å²) in [7, 11) is 1.41. The first-order valence-electron chi connectivity index (χ1n) is 6.52. The molecule has 7 nitrogen and oxygen atoms in total. The molecular weight excluding hydrogens is 319 g/mol. The number of hydrogen-bond donors (Lipinski definition) is 2. The number of carbonyl (C=O) groups is 2. The van der Waals surface area contributed by atoms with Crippen LogP contribution in [0.2, 0.25) is 0 Å². The zero-order valence-corrected chi connectivity index (χ0v) is 12.3. The van der Waals surface area contributed by atoms with E-state index in [2.05, 4.69) is 15.0 Å². The number of pyridine rings is 1. The van der Waals surface area contributed by atoms with Crippen molar-refractivity contribution in [3.8, 4) is 5.75 Å². The van der Waals surface area contributed by atoms with Crippen molar-refractivity contribution >= 4 is 12.0 Å². The lowest BCUT2D eigenvalue weighted by Gasteiger charge is -2.18. The average Bonchev–Trinajstić information content (AvgIpc) is 2.48. The van der Waals surface area contributed by atoms with Gasteiger partial charge in [0.15, 0.2) is 6.61 Å². The third-order valence-corrected chi connectivity index (χ3v) is 2.70. The van der Waals surface area contributed by atoms with Crippen LogP contribution in [0.25, 0.3) is 0 Å². The summed E-state index contributed by atoms with van der Waals surface area (Å²) in [4.78, 5) is 27.0. The predicted octanol–water partition coefficient (Wildman–Crippen LogP) is 1.64. The number of carboxylic acid groups (broad SMARTS) is 1. The maximum atomic E-state index is 12.2. The number of nitrogens with zero attached hydrogens (tertiary/aromatic N) is 2. The number of ether oxygens (including phenoxy) is 1. The number of carbonyl (C=O) groups excluding carboxylic acids is 1. The molecule has 0 radical (unpaired) electrons. The zero-order valence-electron chi connectivity index (χ0n) is 12.3. The molecule has 0 aliphatic carbocycles. The van der Waals surface area contributed by atoms with E-state index in [1.165, 1.54) is 19.3 Å². The number of amides is 2. The number of aliphatic carboxylic acids is 1. The highest BCUT2D eigenvalue weighted by atomic mass is 19.4. The van der Waals surface area contributed by atoms with Crippen LogP contribution in [0, 0.1) is 0 Å². The minimum absolute atomic E-state index is 0.00887. The highest BCUT2D eigenvalue weighted by Gasteiger charge is 2.28. The molecule has 1 heterocycles. The summed E-state index contributed by atoms with van der Waals surface area (Å²) >= 11 is 0. The number of alkyl halides is 3. The van der Waals surface area contributed by atoms with E-state index in [1.54, 1.807) is 0 Å². The van der Waals surface area contributed by atoms with Gasteiger partial charge in [-0.2, -0.15) is 13.2 Å². The number of hydrogen-bond acceptors (Lipinski definition) is 4. The minimum Gasteiger partial charge on any atom is -0.482 e. The van der Waals surface area contributed by atoms with Crippen molar-refractivity contribution < 1.29 is 32.6 Å². The van der Waals surface area contributed by atoms with Gasteiger partial charge >= 0.3 is 18.2 Å². The van der Waals surface area contributed by atoms with E-state index in [0.29, 0.717) is 5.56 Å². The Morgan fingerprint density at radius 2 is 2.13 bits per heavy atom. The van der Waals surface area contributed by atoms with E-state index >= 15 is 0 Å². The number of halogens is 3. The molecule has 128 valence electrons. The number of carboxylic acids is 1. The summed E-state index contributed by atoms with van der Waals surface area (Å²) in [5, 5.41) is 11.0. The molecule has 1 aromatic rings. The smallest absolute Gasteiger partial charge is 0.422 e. The lowest BCUT2D eigenvalue weighted by molar-refractivity contribution is -0.153. The second-order valence-electron chi connectivity index (χ2n) is 4.61. The van der Waals surface area contributed by atoms with Gasteiger partial charge in [0.25, 0.3) is 0 Å². The topological polar surface area (TPSA) is 91.8 Å². The van der Waals surface area contributed by atoms with Gasteiger partial charge in [0, 0.05) is 31.9 Å². The van der Waals surface area contributed by atoms with Crippen molar-refractivity contribution in [3.63, 3.8) is 0 Å². The Kier molecular flexibility index (Phi) is 6.61. The summed E-state index contributed by atoms with van der Waals surface area (Å²) in [5.41, 5.74) is 0.323. The van der Waals surface area contributed by atoms with Gasteiger partial charge in [-0.1, -0.05) is 0 Å². The van der Waals surface area contributed by atoms with E-state index in [1.807, 2.05) is 0 Å². The highest BCUT2D eigenvalue weighted by molar-refractivity contribution is 5.75. The first kappa shape index (κ1) is 18.5. The fourth-order valence-electron chi connectivity index (χ4n) is 1.52. The number of rotatable bonds is 7. The van der Waals surface area contributed by atoms with Crippen LogP contribution in [0.1, 0.15) is 12.0 Å². The normalized spacial score (nSPS) is 11.0. The van der Waals surface area contributed by atoms with Crippen LogP contribution >= 0.6 is 0 Å². The van der Waals surface area contributed by atoms with Crippen LogP contribution in [0.5, 0.6) is 5.75 Å². The van der Waals surface area contributed by atoms with Crippen LogP contribution in [0.4, 0.5) is 18.0 Å². The molecule has 0 spiro atoms. The van der Waals surface area contributed by atoms with Crippen molar-refractivity contribution in [3.05, 3.63) is 24.0 Å². The molecule has 0 aliphatic heterocycles. The summed E-state index contributed by atoms with van der Waals surface area (Å²) in [6, 6.07) is 0.869. The lowest BCUT2D eigenvalue weighted by Crippen LogP contribution is -2.38. The summed E-state index contributed by atoms with van der Waals surface area (Å²) < 4.78 is 41.2. The van der Waals surface area contributed by atoms with Crippen LogP contribution < -0.4 is 10.1 Å². The molecule has 0 atom stereocenters. The molecule has 10 heteroatoms. The van der Waals surface area contributed by atoms with Crippen LogP contribution in [0.15, 0.2) is 18.5 Å². The largest absolute Gasteiger partial charge is 0.482 e. The first-order chi connectivity index (χ1) is 10.7. The van der Waals surface area contributed by atoms with Gasteiger partial charge in [-0.3, -0.25) is 9.78 Å². The van der Waals surface area contributed by atoms with Crippen LogP contribution in [-0.4, -0.2) is 53.4 Å². The number of nitrogens with one attached hydrogen (secondary N) is 1. The predicted molar refractivity (Wildman–Crippen MR) is 72.9 cm³/mol. The van der Waals surface area contributed by atoms with Crippen LogP contribution in [0.3, 0.4) is 0 Å². The lowest BCUT2D eigenvalue weighted by atomic mass is 10.2. The van der Waals surface area contributed by atoms with Gasteiger partial charge < -0.3 is 20.1 Å². The molecule has 0 fully saturated rings. The van der Waals surface area contributed by atoms with Crippen molar-refractivity contribution in [1.82, 2.24) is 15.2 Å². The Labute approximate surface area is 130 Å². The van der Waals surface area contributed by atoms with E-state index in [0.717, 1.165) is 11.1 Å². The molecule has 0 bridgehead atoms. The molecule has 2 amide bonds. The second kappa shape index (κ2) is 8.20. The standard InChI is InChI=1S/C13H16F3N3O4/c1-19(5-3-11(20)21)12(22)18-6-9-2-4-17-7-10(9)23-8-13(14,15)16/h2,4,7H,3,5-6,8H2,1H3,(H,18,22)(H,20,21). The van der Waals surface area contributed by atoms with Crippen molar-refractivity contribution in [2.45, 2.75) is 19.1 Å². The maximum Gasteiger partial charge on any atom is 0.422 e. The molecule has 0 unspecified atom stereocenters. The first-order valence-corrected chi connectivity index (χ1v) is 6.52. The Morgan fingerprint density at radius 1 is 1.43 bits per heavy atom. The summed E-state index contributed by atoms with van der Waals surface area (Å²) in [5.74, 6) is -1.13. The van der Waals surface area contributed by atoms with Gasteiger partial charge in [-0.05, 0) is 6.07 Å². The van der Waals surface area contributed by atoms with Gasteiger partial charge in [0.2, 0.25) is 0 Å². The quantitative estimate of drug-likeness (QED) is 0.790. The fraction of sp³-hybridized carbons (Fsp3) is 0.462. The van der Waals surface area contributed by atoms with Gasteiger partial charge in [0.05, 0.1) is 12.6 Å². The zero-order chi connectivity index (χ0) is 17.5. The fourth-order valence-corrected chi connectivity index (χ4v) is 1.52. The maximum absolute atomic E-state index is 12.2. The van der Waals surface area contributed by atoms with E-state index < -0.39 is 24.8 Å². The van der Waals surface area contributed by atoms with E-state index in [-0.39, 0.29) is 25.3 Å². The third kappa shape index (κ3) is 7.34. The van der Waals surface area contributed by atoms with Crippen molar-refractivity contribution in [1.29, 1.82) is 0 Å². The molecule has 0 aliphatic rings. The molecule has 1 rings (SSSR count). The van der Waals surface area contributed by atoms with Gasteiger partial charge in [0.1, 0.15) is 5.75 Å². The molecule has 1 aromatic heterocycles. The molecule has 0 aromatic carbocycles. The Bertz CT molecular complexity index is 552. The van der Waals surface area contributed by atoms with Crippen LogP contribution in [-0.2, 0) is 11.3 Å². The van der Waals surface area contributed by atoms with Gasteiger partial charge in [-0.25, -0.2) is 4.79 Å². The Hall–Kier alpha value is -2.52. The summed E-state index contributed by atoms with van der Waals surface area (Å²) in [6.45, 7) is -1.53. The molecule has 0 saturated heterocycles. The Balaban J connectivity index is 2.57. The highest BCUT2D eigenvalue weighted by Crippen LogP contribution is 2.21.